The Labute approximate surface area is 367 Å². The molecule has 6 rings (SSSR count). The van der Waals surface area contributed by atoms with Crippen LogP contribution in [0.4, 0.5) is 29.0 Å². The molecule has 25 heteroatoms. The number of halogens is 1. The minimum Gasteiger partial charge on any atom is -0.870 e. The van der Waals surface area contributed by atoms with Crippen molar-refractivity contribution in [1.29, 1.82) is 0 Å². The number of morpholine rings is 1. The van der Waals surface area contributed by atoms with Gasteiger partial charge >= 0.3 is 88.7 Å². The molecular formula is C27H19ClN7Na3O11S3. The normalized spacial score (nSPS) is 13.7. The van der Waals surface area contributed by atoms with Gasteiger partial charge in [0.25, 0.3) is 10.1 Å². The summed E-state index contributed by atoms with van der Waals surface area (Å²) in [6.45, 7) is 1.48. The number of hydrogen-bond acceptors (Lipinski definition) is 17. The Morgan fingerprint density at radius 3 is 2.15 bits per heavy atom. The first kappa shape index (κ1) is 44.8. The standard InChI is InChI=1S/C27H22ClN7O11S3.3Na/c28-25-30-26(32-27(31-25)35-7-9-46-10-8-35)29-19-13-16(47(37,38)39)11-15-12-20(48(40,41)42)22(23(36)21(15)19)34-33-18-6-5-14-3-1-2-4-17(14)24(18)49(43,44)45;;;/h1-6,11-13,36H,7-10H2,(H,37,38,39)(H,40,41,42)(H,43,44,45)(H,29,30,31,32);;;/q;3*+1/p-3. The van der Waals surface area contributed by atoms with Crippen molar-refractivity contribution < 1.29 is 137 Å². The molecule has 4 aromatic carbocycles. The van der Waals surface area contributed by atoms with E-state index >= 15 is 0 Å². The van der Waals surface area contributed by atoms with E-state index in [-0.39, 0.29) is 111 Å². The van der Waals surface area contributed by atoms with Gasteiger partial charge in [-0.1, -0.05) is 36.1 Å². The second kappa shape index (κ2) is 17.5. The summed E-state index contributed by atoms with van der Waals surface area (Å²) >= 11 is 6.11. The summed E-state index contributed by atoms with van der Waals surface area (Å²) in [6, 6.07) is 10.6. The van der Waals surface area contributed by atoms with E-state index in [1.54, 1.807) is 17.0 Å². The van der Waals surface area contributed by atoms with Crippen LogP contribution in [0.15, 0.2) is 79.5 Å². The molecule has 1 aromatic heterocycles. The minimum atomic E-state index is -5.55. The van der Waals surface area contributed by atoms with Gasteiger partial charge in [0.05, 0.1) is 28.7 Å². The molecule has 18 nitrogen and oxygen atoms in total. The van der Waals surface area contributed by atoms with Crippen molar-refractivity contribution in [2.24, 2.45) is 10.2 Å². The molecule has 0 radical (unpaired) electrons. The SMILES string of the molecule is O=S(=O)([O-])c1cc(Nc2nc(Cl)nc(N3CCOCC3)n2)c2c([O-])c(N=Nc3ccc4ccccc4c3S(=O)(=O)O)c(S(=O)(=O)[O-])cc2c1.[Na+].[Na+].[Na+]. The average Bonchev–Trinajstić information content (AvgIpc) is 3.02. The topological polar surface area (TPSA) is 280 Å². The summed E-state index contributed by atoms with van der Waals surface area (Å²) in [5.74, 6) is -1.54. The van der Waals surface area contributed by atoms with Gasteiger partial charge in [0.15, 0.2) is 0 Å². The molecule has 0 spiro atoms. The molecule has 0 bridgehead atoms. The number of benzene rings is 4. The number of nitrogens with one attached hydrogen (secondary N) is 1. The summed E-state index contributed by atoms with van der Waals surface area (Å²) in [7, 11) is -15.8. The van der Waals surface area contributed by atoms with Gasteiger partial charge in [-0.25, -0.2) is 16.8 Å². The second-order valence-corrected chi connectivity index (χ2v) is 14.7. The van der Waals surface area contributed by atoms with Gasteiger partial charge in [-0.2, -0.15) is 23.4 Å². The van der Waals surface area contributed by atoms with Crippen molar-refractivity contribution in [1.82, 2.24) is 15.0 Å². The van der Waals surface area contributed by atoms with Crippen LogP contribution in [0.5, 0.6) is 5.75 Å². The van der Waals surface area contributed by atoms with E-state index in [1.807, 2.05) is 0 Å². The van der Waals surface area contributed by atoms with Crippen molar-refractivity contribution in [2.45, 2.75) is 14.7 Å². The van der Waals surface area contributed by atoms with Gasteiger partial charge in [0, 0.05) is 24.2 Å². The first-order valence-corrected chi connectivity index (χ1v) is 18.3. The van der Waals surface area contributed by atoms with Crippen LogP contribution < -0.4 is 104 Å². The van der Waals surface area contributed by atoms with Crippen LogP contribution in [0.25, 0.3) is 21.5 Å². The zero-order valence-corrected chi connectivity index (χ0v) is 36.5. The number of nitrogens with zero attached hydrogens (tertiary/aromatic N) is 6. The number of rotatable bonds is 8. The van der Waals surface area contributed by atoms with E-state index in [0.29, 0.717) is 43.8 Å². The molecule has 5 aromatic rings. The predicted molar refractivity (Wildman–Crippen MR) is 168 cm³/mol. The van der Waals surface area contributed by atoms with Crippen molar-refractivity contribution in [3.63, 3.8) is 0 Å². The fraction of sp³-hybridized carbons (Fsp3) is 0.148. The van der Waals surface area contributed by atoms with Crippen LogP contribution in [0, 0.1) is 0 Å². The molecule has 2 heterocycles. The zero-order chi connectivity index (χ0) is 35.3. The largest absolute Gasteiger partial charge is 1.00 e. The monoisotopic (exact) mass is 817 g/mol. The molecular weight excluding hydrogens is 799 g/mol. The minimum absolute atomic E-state index is 0. The van der Waals surface area contributed by atoms with Gasteiger partial charge in [-0.3, -0.25) is 4.55 Å². The van der Waals surface area contributed by atoms with E-state index in [4.69, 9.17) is 16.3 Å². The van der Waals surface area contributed by atoms with Gasteiger partial charge in [-0.05, 0) is 52.0 Å². The molecule has 2 N–H and O–H groups in total. The maximum Gasteiger partial charge on any atom is 1.00 e. The quantitative estimate of drug-likeness (QED) is 0.0838. The molecule has 1 aliphatic heterocycles. The van der Waals surface area contributed by atoms with Crippen LogP contribution in [-0.2, 0) is 35.1 Å². The van der Waals surface area contributed by atoms with Crippen molar-refractivity contribution in [2.75, 3.05) is 36.5 Å². The van der Waals surface area contributed by atoms with Crippen molar-refractivity contribution in [3.8, 4) is 5.75 Å². The Morgan fingerprint density at radius 1 is 0.846 bits per heavy atom. The van der Waals surface area contributed by atoms with Gasteiger partial charge in [0.2, 0.25) is 17.2 Å². The maximum absolute atomic E-state index is 14.0. The molecule has 0 atom stereocenters. The van der Waals surface area contributed by atoms with E-state index < -0.39 is 78.6 Å². The Hall–Kier alpha value is -1.61. The summed E-state index contributed by atoms with van der Waals surface area (Å²) < 4.78 is 113. The number of azo groups is 1. The average molecular weight is 818 g/mol. The van der Waals surface area contributed by atoms with E-state index in [9.17, 15) is 44.0 Å². The van der Waals surface area contributed by atoms with Crippen LogP contribution in [0.2, 0.25) is 5.28 Å². The van der Waals surface area contributed by atoms with Crippen LogP contribution in [0.3, 0.4) is 0 Å². The number of anilines is 3. The Bertz CT molecular complexity index is 2550. The fourth-order valence-corrected chi connectivity index (χ4v) is 7.25. The molecule has 52 heavy (non-hydrogen) atoms. The van der Waals surface area contributed by atoms with E-state index in [2.05, 4.69) is 30.5 Å². The number of aromatic nitrogens is 3. The molecule has 1 fully saturated rings. The van der Waals surface area contributed by atoms with Crippen molar-refractivity contribution in [3.05, 3.63) is 59.9 Å². The van der Waals surface area contributed by atoms with Crippen LogP contribution >= 0.6 is 11.6 Å². The summed E-state index contributed by atoms with van der Waals surface area (Å²) in [4.78, 5) is 11.0. The molecule has 1 saturated heterocycles. The third-order valence-electron chi connectivity index (χ3n) is 7.17. The first-order chi connectivity index (χ1) is 23.0. The van der Waals surface area contributed by atoms with Gasteiger partial charge in [0.1, 0.15) is 30.8 Å². The van der Waals surface area contributed by atoms with Crippen LogP contribution in [0.1, 0.15) is 0 Å². The summed E-state index contributed by atoms with van der Waals surface area (Å²) in [5, 5.41) is 23.1. The van der Waals surface area contributed by atoms with E-state index in [1.165, 1.54) is 18.2 Å². The molecule has 0 amide bonds. The number of ether oxygens (including phenoxy) is 1. The summed E-state index contributed by atoms with van der Waals surface area (Å²) in [5.41, 5.74) is -2.06. The third-order valence-corrected chi connectivity index (χ3v) is 9.95. The fourth-order valence-electron chi connectivity index (χ4n) is 5.08. The second-order valence-electron chi connectivity index (χ2n) is 10.3. The third kappa shape index (κ3) is 9.78. The molecule has 0 unspecified atom stereocenters. The smallest absolute Gasteiger partial charge is 0.870 e. The maximum atomic E-state index is 14.0. The van der Waals surface area contributed by atoms with Gasteiger partial charge in [-0.15, -0.1) is 10.2 Å². The van der Waals surface area contributed by atoms with Gasteiger partial charge < -0.3 is 29.2 Å². The molecule has 1 aliphatic rings. The molecule has 0 aliphatic carbocycles. The molecule has 256 valence electrons. The van der Waals surface area contributed by atoms with Crippen molar-refractivity contribution >= 4 is 92.5 Å². The van der Waals surface area contributed by atoms with Crippen LogP contribution in [-0.4, -0.2) is 80.2 Å². The number of hydrogen-bond donors (Lipinski definition) is 2. The zero-order valence-electron chi connectivity index (χ0n) is 27.3. The number of fused-ring (bicyclic) bond motifs is 2. The Kier molecular flexibility index (Phi) is 15.0. The first-order valence-electron chi connectivity index (χ1n) is 13.7. The molecule has 0 saturated carbocycles. The Morgan fingerprint density at radius 2 is 1.52 bits per heavy atom. The Balaban J connectivity index is 0.00000243. The predicted octanol–water partition coefficient (Wildman–Crippen LogP) is -6.03. The van der Waals surface area contributed by atoms with E-state index in [0.717, 1.165) is 12.1 Å². The summed E-state index contributed by atoms with van der Waals surface area (Å²) in [6.07, 6.45) is 0.